The first-order valence-corrected chi connectivity index (χ1v) is 13.2. The molecular formula is C27H29N3OS2. The minimum Gasteiger partial charge on any atom is -0.379 e. The van der Waals surface area contributed by atoms with Crippen LogP contribution >= 0.6 is 22.7 Å². The third-order valence-corrected chi connectivity index (χ3v) is 7.87. The van der Waals surface area contributed by atoms with Gasteiger partial charge in [0.2, 0.25) is 0 Å². The molecule has 1 amide bonds. The molecule has 0 unspecified atom stereocenters. The zero-order valence-electron chi connectivity index (χ0n) is 19.5. The number of fused-ring (bicyclic) bond motifs is 2. The molecule has 5 rings (SSSR count). The van der Waals surface area contributed by atoms with E-state index in [1.54, 1.807) is 11.3 Å². The van der Waals surface area contributed by atoms with E-state index in [9.17, 15) is 4.79 Å². The summed E-state index contributed by atoms with van der Waals surface area (Å²) in [7, 11) is 0. The number of benzene rings is 1. The Balaban J connectivity index is 1.72. The minimum atomic E-state index is -0.199. The van der Waals surface area contributed by atoms with Gasteiger partial charge in [-0.1, -0.05) is 23.8 Å². The number of nitrogens with zero attached hydrogens (tertiary/aromatic N) is 1. The van der Waals surface area contributed by atoms with Crippen molar-refractivity contribution >= 4 is 50.2 Å². The Bertz CT molecular complexity index is 1310. The Kier molecular flexibility index (Phi) is 5.75. The van der Waals surface area contributed by atoms with Crippen LogP contribution in [0.3, 0.4) is 0 Å². The predicted molar refractivity (Wildman–Crippen MR) is 142 cm³/mol. The topological polar surface area (TPSA) is 54.0 Å². The highest BCUT2D eigenvalue weighted by molar-refractivity contribution is 7.21. The van der Waals surface area contributed by atoms with Crippen molar-refractivity contribution in [3.05, 3.63) is 63.5 Å². The fourth-order valence-electron chi connectivity index (χ4n) is 4.46. The van der Waals surface area contributed by atoms with Crippen LogP contribution in [-0.2, 0) is 12.8 Å². The van der Waals surface area contributed by atoms with Crippen LogP contribution in [0.5, 0.6) is 0 Å². The van der Waals surface area contributed by atoms with Crippen molar-refractivity contribution in [2.45, 2.75) is 58.9 Å². The van der Waals surface area contributed by atoms with Crippen molar-refractivity contribution in [3.63, 3.8) is 0 Å². The number of aromatic nitrogens is 1. The van der Waals surface area contributed by atoms with E-state index < -0.39 is 0 Å². The SMILES string of the molecule is Cc1ccc(NC(=O)c2sc3nc4c(c(-c5cccs5)c3c2NC(C)(C)C)CCCC4)cc1. The summed E-state index contributed by atoms with van der Waals surface area (Å²) in [5, 5.41) is 9.99. The molecule has 0 atom stereocenters. The van der Waals surface area contributed by atoms with Crippen molar-refractivity contribution in [1.82, 2.24) is 4.98 Å². The van der Waals surface area contributed by atoms with Crippen LogP contribution in [0.2, 0.25) is 0 Å². The molecule has 4 aromatic rings. The summed E-state index contributed by atoms with van der Waals surface area (Å²) in [6.45, 7) is 8.45. The zero-order chi connectivity index (χ0) is 23.2. The lowest BCUT2D eigenvalue weighted by molar-refractivity contribution is 0.103. The maximum Gasteiger partial charge on any atom is 0.267 e. The standard InChI is InChI=1S/C27H29N3OS2/c1-16-11-13-17(14-12-16)28-25(31)24-23(30-27(2,3)4)22-21(20-10-7-15-32-20)18-8-5-6-9-19(18)29-26(22)33-24/h7,10-15,30H,5-6,8-9H2,1-4H3,(H,28,31). The van der Waals surface area contributed by atoms with Crippen LogP contribution in [0.15, 0.2) is 41.8 Å². The van der Waals surface area contributed by atoms with Gasteiger partial charge in [-0.05, 0) is 82.5 Å². The normalized spacial score (nSPS) is 13.7. The molecule has 33 heavy (non-hydrogen) atoms. The molecule has 1 aliphatic carbocycles. The largest absolute Gasteiger partial charge is 0.379 e. The third-order valence-electron chi connectivity index (χ3n) is 5.90. The number of anilines is 2. The van der Waals surface area contributed by atoms with E-state index >= 15 is 0 Å². The van der Waals surface area contributed by atoms with Crippen LogP contribution < -0.4 is 10.6 Å². The lowest BCUT2D eigenvalue weighted by Crippen LogP contribution is -2.27. The first-order valence-electron chi connectivity index (χ1n) is 11.5. The van der Waals surface area contributed by atoms with E-state index in [0.717, 1.165) is 34.4 Å². The smallest absolute Gasteiger partial charge is 0.267 e. The average molecular weight is 476 g/mol. The molecule has 0 fully saturated rings. The second kappa shape index (κ2) is 8.58. The molecule has 0 saturated carbocycles. The number of hydrogen-bond acceptors (Lipinski definition) is 5. The van der Waals surface area contributed by atoms with Gasteiger partial charge in [0.15, 0.2) is 0 Å². The first-order chi connectivity index (χ1) is 15.8. The van der Waals surface area contributed by atoms with Gasteiger partial charge in [0.05, 0.1) is 5.69 Å². The van der Waals surface area contributed by atoms with Gasteiger partial charge in [0, 0.05) is 32.7 Å². The summed E-state index contributed by atoms with van der Waals surface area (Å²) in [5.41, 5.74) is 6.49. The molecule has 3 aromatic heterocycles. The number of aryl methyl sites for hydroxylation is 2. The molecule has 0 saturated heterocycles. The molecule has 3 heterocycles. The van der Waals surface area contributed by atoms with Gasteiger partial charge < -0.3 is 10.6 Å². The number of pyridine rings is 1. The zero-order valence-corrected chi connectivity index (χ0v) is 21.2. The molecule has 1 aromatic carbocycles. The molecule has 6 heteroatoms. The highest BCUT2D eigenvalue weighted by Crippen LogP contribution is 2.47. The van der Waals surface area contributed by atoms with Gasteiger partial charge in [-0.3, -0.25) is 4.79 Å². The summed E-state index contributed by atoms with van der Waals surface area (Å²) < 4.78 is 0. The number of nitrogens with one attached hydrogen (secondary N) is 2. The second-order valence-corrected chi connectivity index (χ2v) is 11.7. The summed E-state index contributed by atoms with van der Waals surface area (Å²) >= 11 is 3.26. The lowest BCUT2D eigenvalue weighted by Gasteiger charge is -2.24. The molecular weight excluding hydrogens is 446 g/mol. The second-order valence-electron chi connectivity index (χ2n) is 9.78. The van der Waals surface area contributed by atoms with Crippen molar-refractivity contribution in [1.29, 1.82) is 0 Å². The van der Waals surface area contributed by atoms with Crippen molar-refractivity contribution in [2.24, 2.45) is 0 Å². The maximum absolute atomic E-state index is 13.5. The first kappa shape index (κ1) is 22.1. The molecule has 170 valence electrons. The van der Waals surface area contributed by atoms with Crippen molar-refractivity contribution in [2.75, 3.05) is 10.6 Å². The number of thiophene rings is 2. The summed E-state index contributed by atoms with van der Waals surface area (Å²) in [4.78, 5) is 21.5. The van der Waals surface area contributed by atoms with E-state index in [2.05, 4.69) is 48.9 Å². The molecule has 0 spiro atoms. The number of amides is 1. The Hall–Kier alpha value is -2.70. The van der Waals surface area contributed by atoms with Gasteiger partial charge >= 0.3 is 0 Å². The van der Waals surface area contributed by atoms with Gasteiger partial charge in [-0.25, -0.2) is 4.98 Å². The number of hydrogen-bond donors (Lipinski definition) is 2. The van der Waals surface area contributed by atoms with Gasteiger partial charge in [0.25, 0.3) is 5.91 Å². The highest BCUT2D eigenvalue weighted by Gasteiger charge is 2.29. The van der Waals surface area contributed by atoms with E-state index in [1.165, 1.54) is 51.4 Å². The van der Waals surface area contributed by atoms with Gasteiger partial charge in [-0.2, -0.15) is 0 Å². The van der Waals surface area contributed by atoms with Crippen LogP contribution in [0, 0.1) is 6.92 Å². The van der Waals surface area contributed by atoms with E-state index in [4.69, 9.17) is 4.98 Å². The maximum atomic E-state index is 13.5. The van der Waals surface area contributed by atoms with Crippen LogP contribution in [0.4, 0.5) is 11.4 Å². The van der Waals surface area contributed by atoms with Crippen molar-refractivity contribution in [3.8, 4) is 10.4 Å². The molecule has 0 bridgehead atoms. The third kappa shape index (κ3) is 4.42. The summed E-state index contributed by atoms with van der Waals surface area (Å²) in [5.74, 6) is -0.0938. The van der Waals surface area contributed by atoms with Crippen molar-refractivity contribution < 1.29 is 4.79 Å². The Labute approximate surface area is 203 Å². The minimum absolute atomic E-state index is 0.0938. The molecule has 2 N–H and O–H groups in total. The fraction of sp³-hybridized carbons (Fsp3) is 0.333. The van der Waals surface area contributed by atoms with E-state index in [0.29, 0.717) is 4.88 Å². The predicted octanol–water partition coefficient (Wildman–Crippen LogP) is 7.67. The number of rotatable bonds is 4. The Morgan fingerprint density at radius 3 is 2.52 bits per heavy atom. The van der Waals surface area contributed by atoms with Gasteiger partial charge in [0.1, 0.15) is 9.71 Å². The molecule has 0 aliphatic heterocycles. The number of carbonyl (C=O) groups excluding carboxylic acids is 1. The highest BCUT2D eigenvalue weighted by atomic mass is 32.1. The summed E-state index contributed by atoms with van der Waals surface area (Å²) in [6, 6.07) is 12.2. The monoisotopic (exact) mass is 475 g/mol. The number of carbonyl (C=O) groups is 1. The quantitative estimate of drug-likeness (QED) is 0.318. The van der Waals surface area contributed by atoms with E-state index in [1.807, 2.05) is 31.2 Å². The van der Waals surface area contributed by atoms with Gasteiger partial charge in [-0.15, -0.1) is 22.7 Å². The van der Waals surface area contributed by atoms with Crippen LogP contribution in [-0.4, -0.2) is 16.4 Å². The molecule has 0 radical (unpaired) electrons. The lowest BCUT2D eigenvalue weighted by atomic mass is 9.89. The van der Waals surface area contributed by atoms with Crippen LogP contribution in [0.25, 0.3) is 20.7 Å². The average Bonchev–Trinajstić information content (AvgIpc) is 3.41. The van der Waals surface area contributed by atoms with Crippen LogP contribution in [0.1, 0.15) is 60.1 Å². The van der Waals surface area contributed by atoms with E-state index in [-0.39, 0.29) is 11.4 Å². The summed E-state index contributed by atoms with van der Waals surface area (Å²) in [6.07, 6.45) is 4.41. The molecule has 4 nitrogen and oxygen atoms in total. The Morgan fingerprint density at radius 2 is 1.82 bits per heavy atom. The Morgan fingerprint density at radius 1 is 1.06 bits per heavy atom. The molecule has 1 aliphatic rings. The fourth-order valence-corrected chi connectivity index (χ4v) is 6.32.